The Labute approximate surface area is 118 Å². The molecule has 1 N–H and O–H groups in total. The number of benzene rings is 1. The summed E-state index contributed by atoms with van der Waals surface area (Å²) in [6.45, 7) is 2.12. The van der Waals surface area contributed by atoms with Crippen LogP contribution < -0.4 is 9.62 Å². The second kappa shape index (κ2) is 5.42. The Bertz CT molecular complexity index is 509. The topological polar surface area (TPSA) is 59.0 Å². The van der Waals surface area contributed by atoms with Gasteiger partial charge in [-0.1, -0.05) is 0 Å². The summed E-state index contributed by atoms with van der Waals surface area (Å²) in [4.78, 5) is 18.7. The lowest BCUT2D eigenvalue weighted by atomic mass is 9.86. The molecule has 1 aromatic carbocycles. The second-order valence-electron chi connectivity index (χ2n) is 5.67. The molecule has 0 saturated carbocycles. The quantitative estimate of drug-likeness (QED) is 0.663. The molecule has 2 aliphatic rings. The Morgan fingerprint density at radius 1 is 1.35 bits per heavy atom. The van der Waals surface area contributed by atoms with Gasteiger partial charge in [-0.05, 0) is 57.1 Å². The summed E-state index contributed by atoms with van der Waals surface area (Å²) in [6, 6.07) is 4.82. The highest BCUT2D eigenvalue weighted by molar-refractivity contribution is 6.00. The number of hydrogen-bond donors (Lipinski definition) is 1. The van der Waals surface area contributed by atoms with Crippen molar-refractivity contribution < 1.29 is 19.7 Å². The van der Waals surface area contributed by atoms with Crippen LogP contribution in [0.2, 0.25) is 0 Å². The van der Waals surface area contributed by atoms with Crippen LogP contribution >= 0.6 is 0 Å². The second-order valence-corrected chi connectivity index (χ2v) is 5.67. The van der Waals surface area contributed by atoms with Gasteiger partial charge >= 0.3 is 0 Å². The molecule has 0 radical (unpaired) electrons. The van der Waals surface area contributed by atoms with Crippen molar-refractivity contribution in [1.29, 1.82) is 0 Å². The molecule has 1 aromatic rings. The maximum atomic E-state index is 12.2. The molecular formula is C15H19NO4. The van der Waals surface area contributed by atoms with E-state index in [4.69, 9.17) is 9.99 Å². The highest BCUT2D eigenvalue weighted by Gasteiger charge is 2.34. The smallest absolute Gasteiger partial charge is 0.170 e. The maximum absolute atomic E-state index is 12.2. The third-order valence-electron chi connectivity index (χ3n) is 4.31. The van der Waals surface area contributed by atoms with E-state index in [9.17, 15) is 4.79 Å². The van der Waals surface area contributed by atoms with Crippen molar-refractivity contribution in [1.82, 2.24) is 4.90 Å². The molecule has 5 nitrogen and oxygen atoms in total. The molecular weight excluding hydrogens is 258 g/mol. The number of piperidine rings is 1. The van der Waals surface area contributed by atoms with Crippen LogP contribution in [0.25, 0.3) is 0 Å². The number of carbonyl (C=O) groups excluding carboxylic acids is 1. The first-order chi connectivity index (χ1) is 9.67. The summed E-state index contributed by atoms with van der Waals surface area (Å²) in [5.74, 6) is 1.37. The van der Waals surface area contributed by atoms with Crippen LogP contribution in [0.3, 0.4) is 0 Å². The SMILES string of the molecule is CN1CCC(C2CC(=O)c3cc(OO)ccc3O2)CC1. The molecule has 0 bridgehead atoms. The fourth-order valence-corrected chi connectivity index (χ4v) is 3.05. The zero-order valence-corrected chi connectivity index (χ0v) is 11.5. The predicted octanol–water partition coefficient (Wildman–Crippen LogP) is 2.21. The first-order valence-corrected chi connectivity index (χ1v) is 7.01. The lowest BCUT2D eigenvalue weighted by molar-refractivity contribution is -0.137. The van der Waals surface area contributed by atoms with Gasteiger partial charge in [-0.25, -0.2) is 5.26 Å². The first-order valence-electron chi connectivity index (χ1n) is 7.01. The fraction of sp³-hybridized carbons (Fsp3) is 0.533. The summed E-state index contributed by atoms with van der Waals surface area (Å²) in [7, 11) is 2.12. The van der Waals surface area contributed by atoms with Crippen molar-refractivity contribution in [3.05, 3.63) is 23.8 Å². The van der Waals surface area contributed by atoms with Crippen LogP contribution in [0, 0.1) is 5.92 Å². The Morgan fingerprint density at radius 2 is 2.10 bits per heavy atom. The summed E-state index contributed by atoms with van der Waals surface area (Å²) in [5.41, 5.74) is 0.501. The number of fused-ring (bicyclic) bond motifs is 1. The minimum absolute atomic E-state index is 0.0235. The number of rotatable bonds is 2. The Morgan fingerprint density at radius 3 is 2.80 bits per heavy atom. The van der Waals surface area contributed by atoms with Gasteiger partial charge in [0.15, 0.2) is 11.5 Å². The van der Waals surface area contributed by atoms with E-state index >= 15 is 0 Å². The predicted molar refractivity (Wildman–Crippen MR) is 73.3 cm³/mol. The number of ether oxygens (including phenoxy) is 1. The van der Waals surface area contributed by atoms with E-state index in [1.165, 1.54) is 6.07 Å². The molecule has 2 aliphatic heterocycles. The normalized spacial score (nSPS) is 24.1. The maximum Gasteiger partial charge on any atom is 0.170 e. The van der Waals surface area contributed by atoms with E-state index < -0.39 is 0 Å². The van der Waals surface area contributed by atoms with Gasteiger partial charge < -0.3 is 14.5 Å². The zero-order chi connectivity index (χ0) is 14.1. The molecule has 20 heavy (non-hydrogen) atoms. The highest BCUT2D eigenvalue weighted by Crippen LogP contribution is 2.35. The van der Waals surface area contributed by atoms with Gasteiger partial charge in [0, 0.05) is 6.42 Å². The van der Waals surface area contributed by atoms with Crippen molar-refractivity contribution >= 4 is 5.78 Å². The summed E-state index contributed by atoms with van der Waals surface area (Å²) >= 11 is 0. The number of carbonyl (C=O) groups is 1. The standard InChI is InChI=1S/C15H19NO4/c1-16-6-4-10(5-7-16)15-9-13(17)12-8-11(20-18)2-3-14(12)19-15/h2-3,8,10,15,18H,4-7,9H2,1H3. The van der Waals surface area contributed by atoms with Crippen molar-refractivity contribution in [2.75, 3.05) is 20.1 Å². The summed E-state index contributed by atoms with van der Waals surface area (Å²) < 4.78 is 6.00. The molecule has 1 saturated heterocycles. The van der Waals surface area contributed by atoms with Crippen molar-refractivity contribution in [3.8, 4) is 11.5 Å². The fourth-order valence-electron chi connectivity index (χ4n) is 3.05. The van der Waals surface area contributed by atoms with Crippen molar-refractivity contribution in [2.24, 2.45) is 5.92 Å². The lowest BCUT2D eigenvalue weighted by Gasteiger charge is -2.36. The van der Waals surface area contributed by atoms with Gasteiger partial charge in [0.25, 0.3) is 0 Å². The molecule has 3 rings (SSSR count). The molecule has 0 aliphatic carbocycles. The van der Waals surface area contributed by atoms with E-state index in [0.29, 0.717) is 23.7 Å². The summed E-state index contributed by atoms with van der Waals surface area (Å²) in [6.07, 6.45) is 2.53. The van der Waals surface area contributed by atoms with Crippen LogP contribution in [0.4, 0.5) is 0 Å². The third kappa shape index (κ3) is 2.51. The molecule has 1 fully saturated rings. The average molecular weight is 277 g/mol. The molecule has 0 amide bonds. The van der Waals surface area contributed by atoms with E-state index in [-0.39, 0.29) is 17.6 Å². The minimum atomic E-state index is -0.0235. The van der Waals surface area contributed by atoms with Gasteiger partial charge in [0.05, 0.1) is 5.56 Å². The molecule has 1 atom stereocenters. The Balaban J connectivity index is 1.77. The van der Waals surface area contributed by atoms with Crippen LogP contribution in [-0.4, -0.2) is 42.2 Å². The molecule has 108 valence electrons. The number of likely N-dealkylation sites (tertiary alicyclic amines) is 1. The minimum Gasteiger partial charge on any atom is -0.489 e. The van der Waals surface area contributed by atoms with Crippen molar-refractivity contribution in [2.45, 2.75) is 25.4 Å². The number of Topliss-reactive ketones (excluding diaryl/α,β-unsaturated/α-hetero) is 1. The zero-order valence-electron chi connectivity index (χ0n) is 11.5. The van der Waals surface area contributed by atoms with E-state index in [2.05, 4.69) is 16.8 Å². The van der Waals surface area contributed by atoms with Gasteiger partial charge in [0.2, 0.25) is 0 Å². The number of hydrogen-bond acceptors (Lipinski definition) is 5. The van der Waals surface area contributed by atoms with Gasteiger partial charge in [-0.3, -0.25) is 4.79 Å². The summed E-state index contributed by atoms with van der Waals surface area (Å²) in [5, 5.41) is 8.65. The first kappa shape index (κ1) is 13.4. The van der Waals surface area contributed by atoms with Gasteiger partial charge in [-0.15, -0.1) is 0 Å². The molecule has 2 heterocycles. The number of ketones is 1. The van der Waals surface area contributed by atoms with Crippen LogP contribution in [0.5, 0.6) is 11.5 Å². The van der Waals surface area contributed by atoms with Crippen LogP contribution in [0.15, 0.2) is 18.2 Å². The Hall–Kier alpha value is -1.59. The number of nitrogens with zero attached hydrogens (tertiary/aromatic N) is 1. The molecule has 0 spiro atoms. The van der Waals surface area contributed by atoms with E-state index in [1.807, 2.05) is 0 Å². The molecule has 0 aromatic heterocycles. The van der Waals surface area contributed by atoms with Crippen LogP contribution in [-0.2, 0) is 0 Å². The molecule has 1 unspecified atom stereocenters. The van der Waals surface area contributed by atoms with E-state index in [0.717, 1.165) is 25.9 Å². The average Bonchev–Trinajstić information content (AvgIpc) is 2.47. The van der Waals surface area contributed by atoms with Crippen LogP contribution in [0.1, 0.15) is 29.6 Å². The van der Waals surface area contributed by atoms with Gasteiger partial charge in [0.1, 0.15) is 11.9 Å². The monoisotopic (exact) mass is 277 g/mol. The highest BCUT2D eigenvalue weighted by atomic mass is 17.1. The largest absolute Gasteiger partial charge is 0.489 e. The third-order valence-corrected chi connectivity index (χ3v) is 4.31. The van der Waals surface area contributed by atoms with Gasteiger partial charge in [-0.2, -0.15) is 0 Å². The van der Waals surface area contributed by atoms with E-state index in [1.54, 1.807) is 12.1 Å². The molecule has 5 heteroatoms. The van der Waals surface area contributed by atoms with Crippen molar-refractivity contribution in [3.63, 3.8) is 0 Å². The Kier molecular flexibility index (Phi) is 3.63. The lowest BCUT2D eigenvalue weighted by Crippen LogP contribution is -2.40.